The van der Waals surface area contributed by atoms with Gasteiger partial charge in [-0.05, 0) is 42.8 Å². The maximum absolute atomic E-state index is 13.5. The molecule has 38 heavy (non-hydrogen) atoms. The zero-order valence-corrected chi connectivity index (χ0v) is 21.3. The Morgan fingerprint density at radius 3 is 2.39 bits per heavy atom. The van der Waals surface area contributed by atoms with E-state index in [-0.39, 0.29) is 39.3 Å². The molecule has 6 nitrogen and oxygen atoms in total. The van der Waals surface area contributed by atoms with Gasteiger partial charge in [0.1, 0.15) is 22.1 Å². The average molecular weight is 562 g/mol. The highest BCUT2D eigenvalue weighted by Gasteiger charge is 2.34. The zero-order chi connectivity index (χ0) is 27.3. The van der Waals surface area contributed by atoms with Gasteiger partial charge in [-0.1, -0.05) is 42.1 Å². The highest BCUT2D eigenvalue weighted by Crippen LogP contribution is 2.37. The van der Waals surface area contributed by atoms with Gasteiger partial charge in [0, 0.05) is 16.5 Å². The smallest absolute Gasteiger partial charge is 0.433 e. The first-order valence-electron chi connectivity index (χ1n) is 11.1. The number of thiophene rings is 1. The summed E-state index contributed by atoms with van der Waals surface area (Å²) < 4.78 is 58.8. The lowest BCUT2D eigenvalue weighted by molar-refractivity contribution is -0.141. The predicted molar refractivity (Wildman–Crippen MR) is 137 cm³/mol. The Hall–Kier alpha value is -3.77. The van der Waals surface area contributed by atoms with Crippen molar-refractivity contribution in [3.63, 3.8) is 0 Å². The summed E-state index contributed by atoms with van der Waals surface area (Å²) in [5.74, 6) is -2.06. The van der Waals surface area contributed by atoms with Crippen LogP contribution in [0.4, 0.5) is 22.6 Å². The van der Waals surface area contributed by atoms with Crippen LogP contribution in [0.3, 0.4) is 0 Å². The molecular weight excluding hydrogens is 542 g/mol. The number of benzene rings is 2. The van der Waals surface area contributed by atoms with Crippen molar-refractivity contribution in [3.8, 4) is 22.4 Å². The van der Waals surface area contributed by atoms with Crippen molar-refractivity contribution in [1.82, 2.24) is 9.97 Å². The minimum Gasteiger partial charge on any atom is -0.462 e. The van der Waals surface area contributed by atoms with Crippen LogP contribution in [0.2, 0.25) is 0 Å². The second-order valence-corrected chi connectivity index (χ2v) is 9.52. The SMILES string of the molecule is CCOC(=O)c1c(-c2ccccc2)csc1NC(=O)CSc1nc(-c2ccc(F)cc2)cc(C(F)(F)F)n1. The van der Waals surface area contributed by atoms with Gasteiger partial charge in [0.05, 0.1) is 18.1 Å². The number of hydrogen-bond acceptors (Lipinski definition) is 7. The summed E-state index contributed by atoms with van der Waals surface area (Å²) in [4.78, 5) is 33.1. The average Bonchev–Trinajstić information content (AvgIpc) is 3.31. The molecule has 196 valence electrons. The van der Waals surface area contributed by atoms with Crippen LogP contribution in [0, 0.1) is 5.82 Å². The molecule has 4 aromatic rings. The molecule has 1 amide bonds. The van der Waals surface area contributed by atoms with Gasteiger partial charge >= 0.3 is 12.1 Å². The number of rotatable bonds is 8. The minimum atomic E-state index is -4.76. The van der Waals surface area contributed by atoms with E-state index in [0.717, 1.165) is 35.1 Å². The van der Waals surface area contributed by atoms with Crippen LogP contribution < -0.4 is 5.32 Å². The fraction of sp³-hybridized carbons (Fsp3) is 0.154. The minimum absolute atomic E-state index is 0.0643. The molecule has 2 heterocycles. The van der Waals surface area contributed by atoms with Crippen LogP contribution in [0.25, 0.3) is 22.4 Å². The molecule has 0 atom stereocenters. The van der Waals surface area contributed by atoms with Crippen molar-refractivity contribution in [2.24, 2.45) is 0 Å². The fourth-order valence-corrected chi connectivity index (χ4v) is 5.01. The largest absolute Gasteiger partial charge is 0.462 e. The number of carbonyl (C=O) groups excluding carboxylic acids is 2. The first-order chi connectivity index (χ1) is 18.2. The molecule has 0 aliphatic rings. The third kappa shape index (κ3) is 6.56. The van der Waals surface area contributed by atoms with Crippen molar-refractivity contribution >= 4 is 40.0 Å². The molecule has 12 heteroatoms. The van der Waals surface area contributed by atoms with Crippen LogP contribution in [-0.2, 0) is 15.7 Å². The number of ether oxygens (including phenoxy) is 1. The van der Waals surface area contributed by atoms with Crippen LogP contribution in [0.15, 0.2) is 71.2 Å². The summed E-state index contributed by atoms with van der Waals surface area (Å²) in [6, 6.07) is 14.7. The quantitative estimate of drug-likeness (QED) is 0.109. The maximum Gasteiger partial charge on any atom is 0.433 e. The maximum atomic E-state index is 13.5. The van der Waals surface area contributed by atoms with Crippen molar-refractivity contribution < 1.29 is 31.9 Å². The van der Waals surface area contributed by atoms with E-state index in [2.05, 4.69) is 15.3 Å². The summed E-state index contributed by atoms with van der Waals surface area (Å²) in [7, 11) is 0. The third-order valence-corrected chi connectivity index (χ3v) is 6.82. The number of carbonyl (C=O) groups is 2. The summed E-state index contributed by atoms with van der Waals surface area (Å²) in [6.45, 7) is 1.80. The standard InChI is InChI=1S/C26H19F4N3O3S2/c1-2-36-24(35)22-18(15-6-4-3-5-7-15)13-37-23(22)33-21(34)14-38-25-31-19(12-20(32-25)26(28,29)30)16-8-10-17(27)11-9-16/h3-13H,2,14H2,1H3,(H,33,34). The van der Waals surface area contributed by atoms with Crippen molar-refractivity contribution in [1.29, 1.82) is 0 Å². The molecule has 0 fully saturated rings. The van der Waals surface area contributed by atoms with E-state index >= 15 is 0 Å². The number of alkyl halides is 3. The molecule has 0 radical (unpaired) electrons. The molecule has 2 aromatic carbocycles. The number of amides is 1. The van der Waals surface area contributed by atoms with Gasteiger partial charge in [0.25, 0.3) is 0 Å². The number of hydrogen-bond donors (Lipinski definition) is 1. The summed E-state index contributed by atoms with van der Waals surface area (Å²) in [5.41, 5.74) is 0.539. The van der Waals surface area contributed by atoms with Crippen LogP contribution in [0.1, 0.15) is 23.0 Å². The van der Waals surface area contributed by atoms with Gasteiger partial charge in [-0.3, -0.25) is 4.79 Å². The Balaban J connectivity index is 1.55. The van der Waals surface area contributed by atoms with E-state index < -0.39 is 29.6 Å². The second kappa shape index (κ2) is 11.7. The monoisotopic (exact) mass is 561 g/mol. The van der Waals surface area contributed by atoms with Gasteiger partial charge in [-0.15, -0.1) is 11.3 Å². The Morgan fingerprint density at radius 2 is 1.74 bits per heavy atom. The molecule has 0 saturated carbocycles. The number of thioether (sulfide) groups is 1. The van der Waals surface area contributed by atoms with E-state index in [9.17, 15) is 27.2 Å². The van der Waals surface area contributed by atoms with Gasteiger partial charge in [0.15, 0.2) is 5.16 Å². The van der Waals surface area contributed by atoms with Gasteiger partial charge in [-0.2, -0.15) is 13.2 Å². The number of esters is 1. The lowest BCUT2D eigenvalue weighted by Gasteiger charge is -2.11. The molecule has 0 bridgehead atoms. The number of aromatic nitrogens is 2. The lowest BCUT2D eigenvalue weighted by atomic mass is 10.0. The normalized spacial score (nSPS) is 11.3. The summed E-state index contributed by atoms with van der Waals surface area (Å²) in [5, 5.41) is 4.34. The molecule has 0 unspecified atom stereocenters. The Bertz CT molecular complexity index is 1440. The van der Waals surface area contributed by atoms with Crippen molar-refractivity contribution in [2.75, 3.05) is 17.7 Å². The summed E-state index contributed by atoms with van der Waals surface area (Å²) in [6.07, 6.45) is -4.76. The molecule has 0 saturated heterocycles. The number of nitrogens with zero attached hydrogens (tertiary/aromatic N) is 2. The fourth-order valence-electron chi connectivity index (χ4n) is 3.38. The molecule has 2 aromatic heterocycles. The molecule has 4 rings (SSSR count). The lowest BCUT2D eigenvalue weighted by Crippen LogP contribution is -2.17. The first-order valence-corrected chi connectivity index (χ1v) is 13.0. The predicted octanol–water partition coefficient (Wildman–Crippen LogP) is 6.94. The van der Waals surface area contributed by atoms with Gasteiger partial charge in [-0.25, -0.2) is 19.2 Å². The van der Waals surface area contributed by atoms with E-state index in [1.165, 1.54) is 12.1 Å². The number of halogens is 4. The van der Waals surface area contributed by atoms with Crippen molar-refractivity contribution in [3.05, 3.63) is 83.1 Å². The molecule has 0 aliphatic carbocycles. The first kappa shape index (κ1) is 27.3. The van der Waals surface area contributed by atoms with Gasteiger partial charge in [0.2, 0.25) is 5.91 Å². The molecule has 1 N–H and O–H groups in total. The van der Waals surface area contributed by atoms with E-state index in [1.807, 2.05) is 30.3 Å². The summed E-state index contributed by atoms with van der Waals surface area (Å²) >= 11 is 1.83. The molecular formula is C26H19F4N3O3S2. The molecule has 0 aliphatic heterocycles. The van der Waals surface area contributed by atoms with Crippen LogP contribution in [-0.4, -0.2) is 34.2 Å². The molecule has 0 spiro atoms. The van der Waals surface area contributed by atoms with E-state index in [0.29, 0.717) is 17.3 Å². The Morgan fingerprint density at radius 1 is 1.03 bits per heavy atom. The number of anilines is 1. The van der Waals surface area contributed by atoms with Crippen molar-refractivity contribution in [2.45, 2.75) is 18.3 Å². The topological polar surface area (TPSA) is 81.2 Å². The van der Waals surface area contributed by atoms with E-state index in [1.54, 1.807) is 12.3 Å². The van der Waals surface area contributed by atoms with Crippen LogP contribution >= 0.6 is 23.1 Å². The van der Waals surface area contributed by atoms with Crippen LogP contribution in [0.5, 0.6) is 0 Å². The highest BCUT2D eigenvalue weighted by atomic mass is 32.2. The number of nitrogens with one attached hydrogen (secondary N) is 1. The third-order valence-electron chi connectivity index (χ3n) is 5.08. The van der Waals surface area contributed by atoms with E-state index in [4.69, 9.17) is 4.74 Å². The second-order valence-electron chi connectivity index (χ2n) is 7.70. The Labute approximate surface area is 223 Å². The Kier molecular flexibility index (Phi) is 8.42. The van der Waals surface area contributed by atoms with Gasteiger partial charge < -0.3 is 10.1 Å². The zero-order valence-electron chi connectivity index (χ0n) is 19.7. The highest BCUT2D eigenvalue weighted by molar-refractivity contribution is 7.99.